The van der Waals surface area contributed by atoms with E-state index in [1.807, 2.05) is 0 Å². The molecule has 0 saturated heterocycles. The van der Waals surface area contributed by atoms with Crippen molar-refractivity contribution in [1.29, 1.82) is 0 Å². The monoisotopic (exact) mass is 1210 g/mol. The summed E-state index contributed by atoms with van der Waals surface area (Å²) < 4.78 is 10.8. The van der Waals surface area contributed by atoms with Crippen LogP contribution in [0.4, 0.5) is 0 Å². The van der Waals surface area contributed by atoms with Gasteiger partial charge in [-0.2, -0.15) is 0 Å². The molecule has 0 amide bonds. The van der Waals surface area contributed by atoms with Crippen LogP contribution in [-0.2, 0) is 19.1 Å². The maximum absolute atomic E-state index is 12.4. The van der Waals surface area contributed by atoms with Gasteiger partial charge >= 0.3 is 11.9 Å². The second kappa shape index (κ2) is 76.5. The number of aliphatic hydroxyl groups is 1. The molecule has 0 aromatic heterocycles. The van der Waals surface area contributed by atoms with E-state index in [1.165, 1.54) is 161 Å². The fourth-order valence-electron chi connectivity index (χ4n) is 10.1. The van der Waals surface area contributed by atoms with E-state index < -0.39 is 6.10 Å². The fourth-order valence-corrected chi connectivity index (χ4v) is 10.1. The van der Waals surface area contributed by atoms with Crippen LogP contribution < -0.4 is 0 Å². The molecule has 0 spiro atoms. The third-order valence-corrected chi connectivity index (χ3v) is 15.5. The number of ether oxygens (including phenoxy) is 2. The van der Waals surface area contributed by atoms with E-state index in [4.69, 9.17) is 9.47 Å². The Labute approximate surface area is 544 Å². The second-order valence-electron chi connectivity index (χ2n) is 23.9. The maximum Gasteiger partial charge on any atom is 0.306 e. The molecule has 0 rings (SSSR count). The largest absolute Gasteiger partial charge is 0.462 e. The van der Waals surface area contributed by atoms with E-state index in [1.54, 1.807) is 0 Å². The SMILES string of the molecule is CC/C=C\C/C=C\C/C=C\C/C=C\C/C=C\C/C=C\C/C=C\C/C=C\CCCCCCCCCCC(=O)OC(CO)COC(=O)CCCCCCCCCCCCCCCCCCCCCCCC/C=C\C/C=C\C/C=C\C/C=C\C/C=C\C/C=C\CC. The summed E-state index contributed by atoms with van der Waals surface area (Å²) in [6.07, 6.45) is 118. The number of rotatable bonds is 66. The Morgan fingerprint density at radius 3 is 0.682 bits per heavy atom. The molecule has 1 atom stereocenters. The van der Waals surface area contributed by atoms with Gasteiger partial charge in [-0.3, -0.25) is 9.59 Å². The van der Waals surface area contributed by atoms with E-state index >= 15 is 0 Å². The van der Waals surface area contributed by atoms with Gasteiger partial charge < -0.3 is 14.6 Å². The molecule has 0 heterocycles. The minimum absolute atomic E-state index is 0.0750. The van der Waals surface area contributed by atoms with Crippen molar-refractivity contribution in [3.05, 3.63) is 170 Å². The van der Waals surface area contributed by atoms with Crippen molar-refractivity contribution >= 4 is 11.9 Å². The fraction of sp³-hybridized carbons (Fsp3) is 0.639. The first-order valence-corrected chi connectivity index (χ1v) is 36.7. The van der Waals surface area contributed by atoms with Gasteiger partial charge in [0.15, 0.2) is 6.10 Å². The van der Waals surface area contributed by atoms with Crippen molar-refractivity contribution in [2.75, 3.05) is 13.2 Å². The van der Waals surface area contributed by atoms with Crippen molar-refractivity contribution in [2.24, 2.45) is 0 Å². The third kappa shape index (κ3) is 73.7. The summed E-state index contributed by atoms with van der Waals surface area (Å²) in [6, 6.07) is 0. The molecule has 0 bridgehead atoms. The minimum atomic E-state index is -0.788. The van der Waals surface area contributed by atoms with Crippen molar-refractivity contribution in [3.8, 4) is 0 Å². The van der Waals surface area contributed by atoms with Crippen molar-refractivity contribution in [1.82, 2.24) is 0 Å². The van der Waals surface area contributed by atoms with Crippen LogP contribution in [0.5, 0.6) is 0 Å². The minimum Gasteiger partial charge on any atom is -0.462 e. The van der Waals surface area contributed by atoms with Crippen molar-refractivity contribution < 1.29 is 24.2 Å². The van der Waals surface area contributed by atoms with Gasteiger partial charge in [0.2, 0.25) is 0 Å². The number of aliphatic hydroxyl groups excluding tert-OH is 1. The Balaban J connectivity index is 3.50. The summed E-state index contributed by atoms with van der Waals surface area (Å²) in [5.74, 6) is -0.598. The number of hydrogen-bond acceptors (Lipinski definition) is 5. The zero-order valence-corrected chi connectivity index (χ0v) is 57.2. The van der Waals surface area contributed by atoms with E-state index in [0.717, 1.165) is 135 Å². The highest BCUT2D eigenvalue weighted by Gasteiger charge is 2.16. The van der Waals surface area contributed by atoms with Gasteiger partial charge in [-0.1, -0.05) is 351 Å². The highest BCUT2D eigenvalue weighted by Crippen LogP contribution is 2.17. The van der Waals surface area contributed by atoms with Crippen LogP contribution in [0.25, 0.3) is 0 Å². The van der Waals surface area contributed by atoms with Crippen molar-refractivity contribution in [2.45, 2.75) is 328 Å². The molecule has 1 N–H and O–H groups in total. The molecular weight excluding hydrogens is 1080 g/mol. The van der Waals surface area contributed by atoms with Crippen LogP contribution in [-0.4, -0.2) is 36.4 Å². The maximum atomic E-state index is 12.4. The van der Waals surface area contributed by atoms with Gasteiger partial charge in [-0.05, 0) is 128 Å². The van der Waals surface area contributed by atoms with Crippen LogP contribution in [0, 0.1) is 0 Å². The molecule has 5 nitrogen and oxygen atoms in total. The second-order valence-corrected chi connectivity index (χ2v) is 23.9. The van der Waals surface area contributed by atoms with E-state index in [2.05, 4.69) is 184 Å². The molecule has 0 saturated carbocycles. The molecule has 0 aromatic carbocycles. The quantitative estimate of drug-likeness (QED) is 0.0373. The summed E-state index contributed by atoms with van der Waals surface area (Å²) in [4.78, 5) is 24.7. The Morgan fingerprint density at radius 1 is 0.261 bits per heavy atom. The predicted octanol–water partition coefficient (Wildman–Crippen LogP) is 26.0. The predicted molar refractivity (Wildman–Crippen MR) is 389 cm³/mol. The van der Waals surface area contributed by atoms with E-state index in [0.29, 0.717) is 12.8 Å². The summed E-state index contributed by atoms with van der Waals surface area (Å²) in [5.41, 5.74) is 0. The summed E-state index contributed by atoms with van der Waals surface area (Å²) in [5, 5.41) is 9.71. The lowest BCUT2D eigenvalue weighted by atomic mass is 10.0. The molecular formula is C83H136O5. The lowest BCUT2D eigenvalue weighted by Gasteiger charge is -2.15. The van der Waals surface area contributed by atoms with Crippen molar-refractivity contribution in [3.63, 3.8) is 0 Å². The molecule has 498 valence electrons. The molecule has 1 unspecified atom stereocenters. The lowest BCUT2D eigenvalue weighted by Crippen LogP contribution is -2.28. The Morgan fingerprint density at radius 2 is 0.455 bits per heavy atom. The average molecular weight is 1210 g/mol. The van der Waals surface area contributed by atoms with Crippen LogP contribution in [0.1, 0.15) is 322 Å². The van der Waals surface area contributed by atoms with Gasteiger partial charge in [-0.15, -0.1) is 0 Å². The Kier molecular flexibility index (Phi) is 72.4. The molecule has 0 aliphatic rings. The van der Waals surface area contributed by atoms with Crippen LogP contribution in [0.2, 0.25) is 0 Å². The number of allylic oxidation sites excluding steroid dienone is 28. The zero-order valence-electron chi connectivity index (χ0n) is 57.2. The molecule has 0 aliphatic carbocycles. The summed E-state index contributed by atoms with van der Waals surface area (Å²) >= 11 is 0. The highest BCUT2D eigenvalue weighted by atomic mass is 16.6. The number of hydrogen-bond donors (Lipinski definition) is 1. The molecule has 5 heteroatoms. The number of carbonyl (C=O) groups excluding carboxylic acids is 2. The highest BCUT2D eigenvalue weighted by molar-refractivity contribution is 5.70. The standard InChI is InChI=1S/C83H136O5/c1-3-5-7-9-11-13-15-17-19-21-23-25-27-29-31-33-35-37-38-39-40-41-42-43-44-46-47-49-51-53-55-57-59-61-63-65-67-69-71-73-75-77-82(85)87-80-81(79-84)88-83(86)78-76-74-72-70-68-66-64-62-60-58-56-54-52-50-48-45-36-34-32-30-28-26-24-22-20-18-16-14-12-10-8-6-4-2/h5-8,11-14,17-20,23-26,29-32,35-37,45,50,52,56,58,81,84H,3-4,9-10,15-16,21-22,27-28,33-34,38-44,46-49,51,53-55,57,59-80H2,1-2H3/b7-5-,8-6-,13-11-,14-12-,19-17-,20-18-,25-23-,26-24-,31-29-,32-30-,37-35-,45-36-,52-50-,58-56-. The summed E-state index contributed by atoms with van der Waals surface area (Å²) in [7, 11) is 0. The number of esters is 2. The van der Waals surface area contributed by atoms with Crippen LogP contribution >= 0.6 is 0 Å². The number of carbonyl (C=O) groups is 2. The molecule has 0 fully saturated rings. The van der Waals surface area contributed by atoms with E-state index in [-0.39, 0.29) is 25.2 Å². The smallest absolute Gasteiger partial charge is 0.306 e. The van der Waals surface area contributed by atoms with Gasteiger partial charge in [0, 0.05) is 12.8 Å². The van der Waals surface area contributed by atoms with Gasteiger partial charge in [-0.25, -0.2) is 0 Å². The Bertz CT molecular complexity index is 1910. The van der Waals surface area contributed by atoms with Gasteiger partial charge in [0.25, 0.3) is 0 Å². The topological polar surface area (TPSA) is 72.8 Å². The van der Waals surface area contributed by atoms with E-state index in [9.17, 15) is 14.7 Å². The normalized spacial score (nSPS) is 13.3. The zero-order chi connectivity index (χ0) is 63.3. The third-order valence-electron chi connectivity index (χ3n) is 15.5. The first kappa shape index (κ1) is 83.3. The first-order chi connectivity index (χ1) is 43.6. The molecule has 88 heavy (non-hydrogen) atoms. The number of unbranched alkanes of at least 4 members (excludes halogenated alkanes) is 30. The molecule has 0 radical (unpaired) electrons. The molecule has 0 aliphatic heterocycles. The first-order valence-electron chi connectivity index (χ1n) is 36.7. The Hall–Kier alpha value is -4.74. The molecule has 0 aromatic rings. The lowest BCUT2D eigenvalue weighted by molar-refractivity contribution is -0.161. The van der Waals surface area contributed by atoms with Crippen LogP contribution in [0.3, 0.4) is 0 Å². The summed E-state index contributed by atoms with van der Waals surface area (Å²) in [6.45, 7) is 3.92. The van der Waals surface area contributed by atoms with Gasteiger partial charge in [0.05, 0.1) is 6.61 Å². The van der Waals surface area contributed by atoms with Gasteiger partial charge in [0.1, 0.15) is 6.61 Å². The average Bonchev–Trinajstić information content (AvgIpc) is 3.56. The van der Waals surface area contributed by atoms with Crippen LogP contribution in [0.15, 0.2) is 170 Å².